The van der Waals surface area contributed by atoms with Gasteiger partial charge in [0.1, 0.15) is 5.75 Å². The number of unbranched alkanes of at least 4 members (excludes halogenated alkanes) is 10. The normalized spacial score (nSPS) is 14.3. The minimum absolute atomic E-state index is 0.344. The number of hydrogen-bond donors (Lipinski definition) is 3. The van der Waals surface area contributed by atoms with E-state index < -0.39 is 0 Å². The molecule has 34 heavy (non-hydrogen) atoms. The van der Waals surface area contributed by atoms with Crippen molar-refractivity contribution in [3.63, 3.8) is 0 Å². The molecule has 2 aromatic heterocycles. The van der Waals surface area contributed by atoms with Gasteiger partial charge in [-0.1, -0.05) is 64.7 Å². The van der Waals surface area contributed by atoms with Crippen molar-refractivity contribution >= 4 is 11.8 Å². The fourth-order valence-electron chi connectivity index (χ4n) is 4.33. The number of aliphatic hydroxyl groups excluding tert-OH is 1. The summed E-state index contributed by atoms with van der Waals surface area (Å²) in [7, 11) is 0. The van der Waals surface area contributed by atoms with E-state index in [-0.39, 0.29) is 0 Å². The van der Waals surface area contributed by atoms with Gasteiger partial charge in [-0.2, -0.15) is 0 Å². The number of aromatic nitrogens is 2. The van der Waals surface area contributed by atoms with Crippen molar-refractivity contribution in [3.8, 4) is 17.1 Å². The van der Waals surface area contributed by atoms with Crippen LogP contribution in [0.2, 0.25) is 0 Å². The lowest BCUT2D eigenvalue weighted by Crippen LogP contribution is -1.95. The van der Waals surface area contributed by atoms with Crippen molar-refractivity contribution in [1.82, 2.24) is 9.97 Å². The molecule has 3 rings (SSSR count). The summed E-state index contributed by atoms with van der Waals surface area (Å²) in [5.41, 5.74) is 5.21. The van der Waals surface area contributed by atoms with Gasteiger partial charge < -0.3 is 19.8 Å². The summed E-state index contributed by atoms with van der Waals surface area (Å²) in [5.74, 6) is 0.876. The Labute approximate surface area is 205 Å². The quantitative estimate of drug-likeness (QED) is 0.196. The maximum Gasteiger partial charge on any atom is 0.144 e. The predicted octanol–water partition coefficient (Wildman–Crippen LogP) is 7.82. The number of hydrogen-bond acceptors (Lipinski definition) is 3. The van der Waals surface area contributed by atoms with Gasteiger partial charge in [-0.15, -0.1) is 0 Å². The zero-order chi connectivity index (χ0) is 23.8. The van der Waals surface area contributed by atoms with Gasteiger partial charge in [-0.25, -0.2) is 0 Å². The Morgan fingerprint density at radius 3 is 2.26 bits per heavy atom. The van der Waals surface area contributed by atoms with Crippen LogP contribution in [0, 0.1) is 0 Å². The van der Waals surface area contributed by atoms with E-state index in [1.54, 1.807) is 0 Å². The smallest absolute Gasteiger partial charge is 0.144 e. The first-order valence-electron chi connectivity index (χ1n) is 13.4. The SMILES string of the molecule is CCCOc1cc(-c2ccc[nH]2)[nH]c1/C=C1\C=CC(CCCCCCCCCCCCCO)=N1. The Kier molecular flexibility index (Phi) is 11.8. The largest absolute Gasteiger partial charge is 0.491 e. The zero-order valence-corrected chi connectivity index (χ0v) is 21.0. The molecule has 3 heterocycles. The summed E-state index contributed by atoms with van der Waals surface area (Å²) in [5, 5.41) is 8.80. The Balaban J connectivity index is 1.37. The molecule has 0 amide bonds. The predicted molar refractivity (Wildman–Crippen MR) is 143 cm³/mol. The fourth-order valence-corrected chi connectivity index (χ4v) is 4.33. The summed E-state index contributed by atoms with van der Waals surface area (Å²) < 4.78 is 5.98. The lowest BCUT2D eigenvalue weighted by molar-refractivity contribution is 0.282. The van der Waals surface area contributed by atoms with E-state index in [0.29, 0.717) is 13.2 Å². The summed E-state index contributed by atoms with van der Waals surface area (Å²) in [6.07, 6.45) is 24.3. The van der Waals surface area contributed by atoms with Gasteiger partial charge in [0.15, 0.2) is 0 Å². The van der Waals surface area contributed by atoms with Crippen LogP contribution in [0.5, 0.6) is 5.75 Å². The Morgan fingerprint density at radius 2 is 1.62 bits per heavy atom. The maximum absolute atomic E-state index is 8.80. The first-order chi connectivity index (χ1) is 16.8. The van der Waals surface area contributed by atoms with Crippen molar-refractivity contribution in [1.29, 1.82) is 0 Å². The number of aliphatic imine (C=N–C) groups is 1. The van der Waals surface area contributed by atoms with Crippen LogP contribution in [0.1, 0.15) is 96.1 Å². The fraction of sp³-hybridized carbons (Fsp3) is 0.552. The van der Waals surface area contributed by atoms with E-state index in [2.05, 4.69) is 47.3 Å². The molecule has 0 saturated heterocycles. The second kappa shape index (κ2) is 15.4. The monoisotopic (exact) mass is 465 g/mol. The van der Waals surface area contributed by atoms with Gasteiger partial charge >= 0.3 is 0 Å². The van der Waals surface area contributed by atoms with Crippen LogP contribution in [-0.4, -0.2) is 34.0 Å². The third-order valence-electron chi connectivity index (χ3n) is 6.26. The number of aliphatic hydroxyl groups is 1. The number of H-pyrrole nitrogens is 2. The van der Waals surface area contributed by atoms with Crippen molar-refractivity contribution in [2.24, 2.45) is 4.99 Å². The molecule has 2 aromatic rings. The van der Waals surface area contributed by atoms with Crippen molar-refractivity contribution in [2.45, 2.75) is 90.4 Å². The number of allylic oxidation sites excluding steroid dienone is 2. The molecule has 3 N–H and O–H groups in total. The highest BCUT2D eigenvalue weighted by atomic mass is 16.5. The molecular formula is C29H43N3O2. The van der Waals surface area contributed by atoms with E-state index in [4.69, 9.17) is 14.8 Å². The van der Waals surface area contributed by atoms with Crippen molar-refractivity contribution in [3.05, 3.63) is 47.9 Å². The highest BCUT2D eigenvalue weighted by Gasteiger charge is 2.12. The summed E-state index contributed by atoms with van der Waals surface area (Å²) in [4.78, 5) is 11.6. The third kappa shape index (κ3) is 9.02. The summed E-state index contributed by atoms with van der Waals surface area (Å²) in [6, 6.07) is 6.12. The van der Waals surface area contributed by atoms with Gasteiger partial charge in [0.25, 0.3) is 0 Å². The van der Waals surface area contributed by atoms with Crippen LogP contribution < -0.4 is 4.74 Å². The van der Waals surface area contributed by atoms with E-state index >= 15 is 0 Å². The van der Waals surface area contributed by atoms with Crippen LogP contribution in [0.25, 0.3) is 17.5 Å². The molecule has 0 saturated carbocycles. The Morgan fingerprint density at radius 1 is 0.912 bits per heavy atom. The molecule has 5 nitrogen and oxygen atoms in total. The number of aromatic amines is 2. The molecule has 1 aliphatic heterocycles. The first-order valence-corrected chi connectivity index (χ1v) is 13.4. The maximum atomic E-state index is 8.80. The molecule has 0 bridgehead atoms. The third-order valence-corrected chi connectivity index (χ3v) is 6.26. The first kappa shape index (κ1) is 26.1. The molecule has 0 radical (unpaired) electrons. The molecule has 0 fully saturated rings. The topological polar surface area (TPSA) is 73.4 Å². The van der Waals surface area contributed by atoms with Gasteiger partial charge in [-0.05, 0) is 56.0 Å². The van der Waals surface area contributed by atoms with Crippen LogP contribution in [0.4, 0.5) is 0 Å². The highest BCUT2D eigenvalue weighted by Crippen LogP contribution is 2.29. The molecule has 0 spiro atoms. The number of ether oxygens (including phenoxy) is 1. The average Bonchev–Trinajstić information content (AvgIpc) is 3.60. The molecule has 186 valence electrons. The van der Waals surface area contributed by atoms with Crippen LogP contribution in [0.15, 0.2) is 47.2 Å². The summed E-state index contributed by atoms with van der Waals surface area (Å²) in [6.45, 7) is 3.17. The van der Waals surface area contributed by atoms with Crippen LogP contribution in [0.3, 0.4) is 0 Å². The lowest BCUT2D eigenvalue weighted by atomic mass is 10.0. The summed E-state index contributed by atoms with van der Waals surface area (Å²) >= 11 is 0. The highest BCUT2D eigenvalue weighted by molar-refractivity contribution is 5.99. The average molecular weight is 466 g/mol. The van der Waals surface area contributed by atoms with E-state index in [9.17, 15) is 0 Å². The van der Waals surface area contributed by atoms with E-state index in [1.807, 2.05) is 12.3 Å². The lowest BCUT2D eigenvalue weighted by Gasteiger charge is -2.03. The number of rotatable bonds is 18. The minimum Gasteiger partial charge on any atom is -0.491 e. The van der Waals surface area contributed by atoms with Gasteiger partial charge in [-0.3, -0.25) is 4.99 Å². The molecule has 0 atom stereocenters. The molecule has 0 aliphatic carbocycles. The standard InChI is InChI=1S/C29H43N3O2/c1-2-21-34-29-23-27(26-16-14-19-30-26)32-28(29)22-25-18-17-24(31-25)15-12-10-8-6-4-3-5-7-9-11-13-20-33/h14,16-19,22-23,30,32-33H,2-13,15,20-21H2,1H3/b25-22+. The molecule has 1 aliphatic rings. The molecular weight excluding hydrogens is 422 g/mol. The van der Waals surface area contributed by atoms with Crippen molar-refractivity contribution < 1.29 is 9.84 Å². The molecule has 0 unspecified atom stereocenters. The van der Waals surface area contributed by atoms with E-state index in [1.165, 1.54) is 69.9 Å². The number of nitrogens with one attached hydrogen (secondary N) is 2. The zero-order valence-electron chi connectivity index (χ0n) is 21.0. The van der Waals surface area contributed by atoms with Gasteiger partial charge in [0.05, 0.1) is 29.4 Å². The second-order valence-corrected chi connectivity index (χ2v) is 9.26. The van der Waals surface area contributed by atoms with Crippen LogP contribution >= 0.6 is 0 Å². The van der Waals surface area contributed by atoms with Gasteiger partial charge in [0.2, 0.25) is 0 Å². The number of nitrogens with zero attached hydrogens (tertiary/aromatic N) is 1. The van der Waals surface area contributed by atoms with Gasteiger partial charge in [0, 0.05) is 24.6 Å². The van der Waals surface area contributed by atoms with Crippen molar-refractivity contribution in [2.75, 3.05) is 13.2 Å². The Bertz CT molecular complexity index is 906. The second-order valence-electron chi connectivity index (χ2n) is 9.26. The minimum atomic E-state index is 0.344. The van der Waals surface area contributed by atoms with Crippen LogP contribution in [-0.2, 0) is 0 Å². The molecule has 5 heteroatoms. The van der Waals surface area contributed by atoms with E-state index in [0.717, 1.165) is 47.8 Å². The Hall–Kier alpha value is -2.53. The molecule has 0 aromatic carbocycles.